The molecule has 2 aromatic rings. The molecular formula is C23H34N4O3S. The summed E-state index contributed by atoms with van der Waals surface area (Å²) in [5.74, 6) is 0. The Bertz CT molecular complexity index is 911. The summed E-state index contributed by atoms with van der Waals surface area (Å²) < 4.78 is 10.6. The Balaban J connectivity index is 1.68. The number of benzene rings is 1. The minimum absolute atomic E-state index is 0.0586. The fraction of sp³-hybridized carbons (Fsp3) is 0.565. The number of aromatic nitrogens is 1. The van der Waals surface area contributed by atoms with Gasteiger partial charge in [-0.15, -0.1) is 0 Å². The second-order valence-corrected chi connectivity index (χ2v) is 8.41. The second-order valence-electron chi connectivity index (χ2n) is 8.02. The van der Waals surface area contributed by atoms with Crippen LogP contribution in [0.1, 0.15) is 24.0 Å². The van der Waals surface area contributed by atoms with Crippen LogP contribution in [0.15, 0.2) is 29.1 Å². The van der Waals surface area contributed by atoms with Crippen molar-refractivity contribution < 1.29 is 9.47 Å². The molecule has 0 radical (unpaired) electrons. The van der Waals surface area contributed by atoms with Crippen molar-refractivity contribution in [3.63, 3.8) is 0 Å². The van der Waals surface area contributed by atoms with Crippen LogP contribution in [0.3, 0.4) is 0 Å². The number of rotatable bonds is 10. The number of hydrogen-bond donors (Lipinski definition) is 2. The highest BCUT2D eigenvalue weighted by atomic mass is 32.1. The van der Waals surface area contributed by atoms with E-state index in [1.165, 1.54) is 5.56 Å². The van der Waals surface area contributed by atoms with Crippen molar-refractivity contribution >= 4 is 28.2 Å². The van der Waals surface area contributed by atoms with Gasteiger partial charge in [0.2, 0.25) is 0 Å². The molecule has 1 saturated heterocycles. The van der Waals surface area contributed by atoms with Gasteiger partial charge < -0.3 is 24.7 Å². The minimum Gasteiger partial charge on any atom is -0.385 e. The molecule has 1 aromatic carbocycles. The van der Waals surface area contributed by atoms with Crippen LogP contribution in [0.25, 0.3) is 10.9 Å². The first kappa shape index (κ1) is 23.7. The monoisotopic (exact) mass is 446 g/mol. The molecule has 0 aliphatic carbocycles. The third-order valence-electron chi connectivity index (χ3n) is 5.53. The smallest absolute Gasteiger partial charge is 0.253 e. The van der Waals surface area contributed by atoms with Crippen LogP contribution >= 0.6 is 12.2 Å². The lowest BCUT2D eigenvalue weighted by Gasteiger charge is -2.29. The number of thiocarbonyl (C=S) groups is 1. The number of pyridine rings is 1. The summed E-state index contributed by atoms with van der Waals surface area (Å²) in [7, 11) is 1.70. The van der Waals surface area contributed by atoms with Crippen LogP contribution < -0.4 is 10.9 Å². The molecule has 0 unspecified atom stereocenters. The number of morpholine rings is 1. The molecule has 31 heavy (non-hydrogen) atoms. The van der Waals surface area contributed by atoms with Crippen molar-refractivity contribution in [2.45, 2.75) is 26.3 Å². The Kier molecular flexibility index (Phi) is 9.27. The van der Waals surface area contributed by atoms with Gasteiger partial charge in [0.05, 0.1) is 19.8 Å². The predicted molar refractivity (Wildman–Crippen MR) is 129 cm³/mol. The van der Waals surface area contributed by atoms with Gasteiger partial charge >= 0.3 is 0 Å². The molecule has 0 amide bonds. The molecule has 1 fully saturated rings. The molecule has 0 spiro atoms. The molecule has 8 heteroatoms. The molecule has 0 atom stereocenters. The molecule has 1 aliphatic heterocycles. The van der Waals surface area contributed by atoms with Crippen LogP contribution in [0.2, 0.25) is 0 Å². The highest BCUT2D eigenvalue weighted by molar-refractivity contribution is 7.80. The summed E-state index contributed by atoms with van der Waals surface area (Å²) in [6.07, 6.45) is 1.86. The normalized spacial score (nSPS) is 14.6. The van der Waals surface area contributed by atoms with E-state index in [0.29, 0.717) is 18.3 Å². The quantitative estimate of drug-likeness (QED) is 0.429. The number of nitrogens with one attached hydrogen (secondary N) is 2. The van der Waals surface area contributed by atoms with E-state index in [-0.39, 0.29) is 5.56 Å². The molecule has 7 nitrogen and oxygen atoms in total. The predicted octanol–water partition coefficient (Wildman–Crippen LogP) is 2.27. The van der Waals surface area contributed by atoms with Gasteiger partial charge in [0.25, 0.3) is 5.56 Å². The summed E-state index contributed by atoms with van der Waals surface area (Å²) in [5.41, 5.74) is 2.70. The molecule has 0 saturated carbocycles. The van der Waals surface area contributed by atoms with E-state index in [0.717, 1.165) is 75.2 Å². The summed E-state index contributed by atoms with van der Waals surface area (Å²) in [6.45, 7) is 9.32. The average Bonchev–Trinajstić information content (AvgIpc) is 2.77. The molecule has 2 heterocycles. The number of aromatic amines is 1. The molecular weight excluding hydrogens is 412 g/mol. The summed E-state index contributed by atoms with van der Waals surface area (Å²) in [4.78, 5) is 20.2. The number of H-pyrrole nitrogens is 1. The maximum Gasteiger partial charge on any atom is 0.253 e. The standard InChI is InChI=1S/C23H34N4O3S/c1-18-5-6-21-19(15-18)16-20(22(28)25-21)17-27(23(31)24-7-3-12-29-2)9-4-8-26-10-13-30-14-11-26/h5-6,15-16H,3-4,7-14,17H2,1-2H3,(H,24,31)(H,25,28). The average molecular weight is 447 g/mol. The zero-order valence-electron chi connectivity index (χ0n) is 18.6. The van der Waals surface area contributed by atoms with Crippen LogP contribution in [0, 0.1) is 6.92 Å². The molecule has 1 aliphatic rings. The Hall–Kier alpha value is -2.00. The first-order valence-corrected chi connectivity index (χ1v) is 11.4. The fourth-order valence-corrected chi connectivity index (χ4v) is 4.04. The van der Waals surface area contributed by atoms with Gasteiger partial charge in [-0.1, -0.05) is 11.6 Å². The van der Waals surface area contributed by atoms with Gasteiger partial charge in [-0.05, 0) is 55.6 Å². The number of ether oxygens (including phenoxy) is 2. The van der Waals surface area contributed by atoms with E-state index < -0.39 is 0 Å². The Labute approximate surface area is 189 Å². The fourth-order valence-electron chi connectivity index (χ4n) is 3.78. The van der Waals surface area contributed by atoms with E-state index in [9.17, 15) is 4.79 Å². The Morgan fingerprint density at radius 1 is 1.29 bits per heavy atom. The third kappa shape index (κ3) is 7.28. The van der Waals surface area contributed by atoms with E-state index in [2.05, 4.69) is 33.1 Å². The number of fused-ring (bicyclic) bond motifs is 1. The van der Waals surface area contributed by atoms with Crippen molar-refractivity contribution in [3.05, 3.63) is 45.7 Å². The largest absolute Gasteiger partial charge is 0.385 e. The molecule has 0 bridgehead atoms. The number of aryl methyl sites for hydroxylation is 1. The van der Waals surface area contributed by atoms with Crippen molar-refractivity contribution in [1.82, 2.24) is 20.1 Å². The third-order valence-corrected chi connectivity index (χ3v) is 5.94. The van der Waals surface area contributed by atoms with Gasteiger partial charge in [0, 0.05) is 57.5 Å². The second kappa shape index (κ2) is 12.1. The van der Waals surface area contributed by atoms with Crippen molar-refractivity contribution in [2.75, 3.05) is 59.7 Å². The molecule has 1 aromatic heterocycles. The SMILES string of the molecule is COCCCNC(=S)N(CCCN1CCOCC1)Cc1cc2cc(C)ccc2[nH]c1=O. The van der Waals surface area contributed by atoms with Crippen molar-refractivity contribution in [1.29, 1.82) is 0 Å². The Morgan fingerprint density at radius 3 is 2.87 bits per heavy atom. The van der Waals surface area contributed by atoms with E-state index >= 15 is 0 Å². The highest BCUT2D eigenvalue weighted by Gasteiger charge is 2.15. The summed E-state index contributed by atoms with van der Waals surface area (Å²) >= 11 is 5.68. The summed E-state index contributed by atoms with van der Waals surface area (Å²) in [5, 5.41) is 5.05. The van der Waals surface area contributed by atoms with E-state index in [1.807, 2.05) is 18.2 Å². The van der Waals surface area contributed by atoms with Crippen molar-refractivity contribution in [2.24, 2.45) is 0 Å². The van der Waals surface area contributed by atoms with Gasteiger partial charge in [-0.2, -0.15) is 0 Å². The minimum atomic E-state index is -0.0586. The number of methoxy groups -OCH3 is 1. The Morgan fingerprint density at radius 2 is 2.10 bits per heavy atom. The lowest BCUT2D eigenvalue weighted by molar-refractivity contribution is 0.0367. The van der Waals surface area contributed by atoms with Gasteiger partial charge in [-0.25, -0.2) is 0 Å². The number of hydrogen-bond acceptors (Lipinski definition) is 5. The molecule has 3 rings (SSSR count). The topological polar surface area (TPSA) is 69.8 Å². The first-order valence-electron chi connectivity index (χ1n) is 11.0. The molecule has 170 valence electrons. The highest BCUT2D eigenvalue weighted by Crippen LogP contribution is 2.14. The molecule has 2 N–H and O–H groups in total. The van der Waals surface area contributed by atoms with Crippen LogP contribution in [0.5, 0.6) is 0 Å². The first-order chi connectivity index (χ1) is 15.1. The summed E-state index contributed by atoms with van der Waals surface area (Å²) in [6, 6.07) is 8.05. The lowest BCUT2D eigenvalue weighted by atomic mass is 10.1. The lowest BCUT2D eigenvalue weighted by Crippen LogP contribution is -2.43. The van der Waals surface area contributed by atoms with Crippen molar-refractivity contribution in [3.8, 4) is 0 Å². The zero-order chi connectivity index (χ0) is 22.1. The maximum absolute atomic E-state index is 12.7. The van der Waals surface area contributed by atoms with Gasteiger partial charge in [0.15, 0.2) is 5.11 Å². The van der Waals surface area contributed by atoms with Crippen LogP contribution in [0.4, 0.5) is 0 Å². The van der Waals surface area contributed by atoms with Gasteiger partial charge in [0.1, 0.15) is 0 Å². The van der Waals surface area contributed by atoms with Gasteiger partial charge in [-0.3, -0.25) is 9.69 Å². The van der Waals surface area contributed by atoms with E-state index in [1.54, 1.807) is 7.11 Å². The van der Waals surface area contributed by atoms with Crippen LogP contribution in [-0.2, 0) is 16.0 Å². The van der Waals surface area contributed by atoms with E-state index in [4.69, 9.17) is 21.7 Å². The van der Waals surface area contributed by atoms with Crippen LogP contribution in [-0.4, -0.2) is 79.6 Å². The zero-order valence-corrected chi connectivity index (χ0v) is 19.4. The maximum atomic E-state index is 12.7. The number of nitrogens with zero attached hydrogens (tertiary/aromatic N) is 2.